The van der Waals surface area contributed by atoms with Crippen molar-refractivity contribution >= 4 is 5.91 Å². The summed E-state index contributed by atoms with van der Waals surface area (Å²) in [5.41, 5.74) is 5.26. The van der Waals surface area contributed by atoms with Gasteiger partial charge >= 0.3 is 0 Å². The minimum atomic E-state index is -0.0777. The van der Waals surface area contributed by atoms with Crippen molar-refractivity contribution in [2.45, 2.75) is 31.3 Å². The molecule has 4 nitrogen and oxygen atoms in total. The van der Waals surface area contributed by atoms with Crippen LogP contribution in [0.5, 0.6) is 0 Å². The van der Waals surface area contributed by atoms with E-state index in [1.165, 1.54) is 5.06 Å². The van der Waals surface area contributed by atoms with Crippen molar-refractivity contribution in [1.82, 2.24) is 5.06 Å². The van der Waals surface area contributed by atoms with Crippen molar-refractivity contribution in [1.29, 1.82) is 0 Å². The van der Waals surface area contributed by atoms with E-state index < -0.39 is 0 Å². The number of nitrogens with two attached hydrogens (primary N) is 1. The summed E-state index contributed by atoms with van der Waals surface area (Å²) in [7, 11) is 0. The van der Waals surface area contributed by atoms with Gasteiger partial charge in [0.25, 0.3) is 0 Å². The van der Waals surface area contributed by atoms with Crippen LogP contribution in [0.3, 0.4) is 0 Å². The van der Waals surface area contributed by atoms with Crippen molar-refractivity contribution in [3.05, 3.63) is 0 Å². The maximum atomic E-state index is 11.3. The fourth-order valence-corrected chi connectivity index (χ4v) is 1.49. The van der Waals surface area contributed by atoms with E-state index in [0.29, 0.717) is 19.5 Å². The van der Waals surface area contributed by atoms with Gasteiger partial charge in [0.15, 0.2) is 0 Å². The predicted octanol–water partition coefficient (Wildman–Crippen LogP) is 0.0317. The molecule has 1 spiro atoms. The highest BCUT2D eigenvalue weighted by molar-refractivity contribution is 5.78. The van der Waals surface area contributed by atoms with E-state index in [1.807, 2.05) is 0 Å². The maximum absolute atomic E-state index is 11.3. The number of nitrogens with zero attached hydrogens (tertiary/aromatic N) is 1. The zero-order valence-electron chi connectivity index (χ0n) is 7.08. The Labute approximate surface area is 71.6 Å². The van der Waals surface area contributed by atoms with Gasteiger partial charge in [-0.15, -0.1) is 0 Å². The second kappa shape index (κ2) is 2.71. The van der Waals surface area contributed by atoms with E-state index in [2.05, 4.69) is 0 Å². The highest BCUT2D eigenvalue weighted by atomic mass is 16.7. The Kier molecular flexibility index (Phi) is 1.81. The maximum Gasteiger partial charge on any atom is 0.249 e. The molecule has 1 saturated carbocycles. The first-order valence-corrected chi connectivity index (χ1v) is 4.45. The molecule has 1 aliphatic heterocycles. The van der Waals surface area contributed by atoms with Gasteiger partial charge in [0, 0.05) is 6.54 Å². The van der Waals surface area contributed by atoms with Crippen molar-refractivity contribution in [2.75, 3.05) is 13.1 Å². The van der Waals surface area contributed by atoms with Crippen LogP contribution in [-0.2, 0) is 9.63 Å². The van der Waals surface area contributed by atoms with Gasteiger partial charge in [0.2, 0.25) is 5.91 Å². The zero-order chi connectivity index (χ0) is 8.60. The number of carbonyl (C=O) groups excluding carboxylic acids is 1. The lowest BCUT2D eigenvalue weighted by molar-refractivity contribution is -0.177. The van der Waals surface area contributed by atoms with Gasteiger partial charge in [-0.25, -0.2) is 5.06 Å². The highest BCUT2D eigenvalue weighted by Crippen LogP contribution is 2.47. The first kappa shape index (κ1) is 8.01. The first-order valence-electron chi connectivity index (χ1n) is 4.45. The monoisotopic (exact) mass is 170 g/mol. The van der Waals surface area contributed by atoms with Crippen LogP contribution < -0.4 is 5.73 Å². The number of carbonyl (C=O) groups is 1. The molecular weight excluding hydrogens is 156 g/mol. The lowest BCUT2D eigenvalue weighted by atomic mass is 10.2. The fourth-order valence-electron chi connectivity index (χ4n) is 1.49. The molecule has 1 saturated heterocycles. The molecule has 0 aromatic carbocycles. The highest BCUT2D eigenvalue weighted by Gasteiger charge is 2.53. The van der Waals surface area contributed by atoms with Crippen LogP contribution in [0.15, 0.2) is 0 Å². The SMILES string of the molecule is NCCCN1OC2(CC2)CC1=O. The van der Waals surface area contributed by atoms with Crippen molar-refractivity contribution in [3.63, 3.8) is 0 Å². The van der Waals surface area contributed by atoms with Gasteiger partial charge < -0.3 is 5.73 Å². The van der Waals surface area contributed by atoms with E-state index in [1.54, 1.807) is 0 Å². The van der Waals surface area contributed by atoms with Crippen LogP contribution in [0.2, 0.25) is 0 Å². The van der Waals surface area contributed by atoms with Crippen LogP contribution >= 0.6 is 0 Å². The Morgan fingerprint density at radius 3 is 2.83 bits per heavy atom. The van der Waals surface area contributed by atoms with Crippen LogP contribution in [0.1, 0.15) is 25.7 Å². The Balaban J connectivity index is 1.86. The third-order valence-electron chi connectivity index (χ3n) is 2.43. The molecule has 2 rings (SSSR count). The molecule has 0 aromatic rings. The zero-order valence-corrected chi connectivity index (χ0v) is 7.08. The summed E-state index contributed by atoms with van der Waals surface area (Å²) < 4.78 is 0. The van der Waals surface area contributed by atoms with Crippen LogP contribution in [0.4, 0.5) is 0 Å². The molecule has 2 N–H and O–H groups in total. The number of hydroxylamine groups is 2. The number of rotatable bonds is 3. The Bertz CT molecular complexity index is 201. The van der Waals surface area contributed by atoms with Crippen LogP contribution in [0.25, 0.3) is 0 Å². The summed E-state index contributed by atoms with van der Waals surface area (Å²) in [4.78, 5) is 16.8. The van der Waals surface area contributed by atoms with Crippen molar-refractivity contribution < 1.29 is 9.63 Å². The van der Waals surface area contributed by atoms with Gasteiger partial charge in [-0.05, 0) is 25.8 Å². The molecular formula is C8H14N2O2. The molecule has 0 aromatic heterocycles. The largest absolute Gasteiger partial charge is 0.330 e. The third kappa shape index (κ3) is 1.32. The standard InChI is InChI=1S/C8H14N2O2/c9-4-1-5-10-7(11)6-8(12-10)2-3-8/h1-6,9H2. The third-order valence-corrected chi connectivity index (χ3v) is 2.43. The Morgan fingerprint density at radius 1 is 1.58 bits per heavy atom. The van der Waals surface area contributed by atoms with E-state index in [-0.39, 0.29) is 11.5 Å². The van der Waals surface area contributed by atoms with Crippen molar-refractivity contribution in [2.24, 2.45) is 5.73 Å². The molecule has 0 radical (unpaired) electrons. The summed E-state index contributed by atoms with van der Waals surface area (Å²) in [6.07, 6.45) is 3.48. The van der Waals surface area contributed by atoms with Gasteiger partial charge in [0.1, 0.15) is 5.60 Å². The molecule has 1 amide bonds. The van der Waals surface area contributed by atoms with E-state index >= 15 is 0 Å². The average molecular weight is 170 g/mol. The van der Waals surface area contributed by atoms with Crippen LogP contribution in [-0.4, -0.2) is 29.7 Å². The minimum Gasteiger partial charge on any atom is -0.330 e. The van der Waals surface area contributed by atoms with Gasteiger partial charge in [-0.3, -0.25) is 9.63 Å². The van der Waals surface area contributed by atoms with Crippen LogP contribution in [0, 0.1) is 0 Å². The molecule has 0 bridgehead atoms. The van der Waals surface area contributed by atoms with E-state index in [9.17, 15) is 4.79 Å². The van der Waals surface area contributed by atoms with Gasteiger partial charge in [0.05, 0.1) is 6.42 Å². The summed E-state index contributed by atoms with van der Waals surface area (Å²) in [6, 6.07) is 0. The average Bonchev–Trinajstić information content (AvgIpc) is 2.70. The molecule has 2 aliphatic rings. The second-order valence-corrected chi connectivity index (χ2v) is 3.59. The quantitative estimate of drug-likeness (QED) is 0.650. The number of amides is 1. The molecule has 2 fully saturated rings. The normalized spacial score (nSPS) is 25.4. The second-order valence-electron chi connectivity index (χ2n) is 3.59. The fraction of sp³-hybridized carbons (Fsp3) is 0.875. The van der Waals surface area contributed by atoms with E-state index in [0.717, 1.165) is 19.3 Å². The number of hydrogen-bond acceptors (Lipinski definition) is 3. The molecule has 0 unspecified atom stereocenters. The Hall–Kier alpha value is -0.610. The lowest BCUT2D eigenvalue weighted by Crippen LogP contribution is -2.26. The lowest BCUT2D eigenvalue weighted by Gasteiger charge is -2.14. The smallest absolute Gasteiger partial charge is 0.249 e. The molecule has 1 heterocycles. The summed E-state index contributed by atoms with van der Waals surface area (Å²) in [5, 5.41) is 1.49. The minimum absolute atomic E-state index is 0.0777. The topological polar surface area (TPSA) is 55.6 Å². The van der Waals surface area contributed by atoms with Crippen molar-refractivity contribution in [3.8, 4) is 0 Å². The molecule has 12 heavy (non-hydrogen) atoms. The molecule has 1 aliphatic carbocycles. The van der Waals surface area contributed by atoms with Gasteiger partial charge in [-0.2, -0.15) is 0 Å². The first-order chi connectivity index (χ1) is 5.76. The summed E-state index contributed by atoms with van der Waals surface area (Å²) >= 11 is 0. The van der Waals surface area contributed by atoms with Gasteiger partial charge in [-0.1, -0.05) is 0 Å². The summed E-state index contributed by atoms with van der Waals surface area (Å²) in [5.74, 6) is 0.126. The molecule has 4 heteroatoms. The molecule has 68 valence electrons. The predicted molar refractivity (Wildman–Crippen MR) is 43.1 cm³/mol. The Morgan fingerprint density at radius 2 is 2.33 bits per heavy atom. The molecule has 0 atom stereocenters. The number of hydrogen-bond donors (Lipinski definition) is 1. The summed E-state index contributed by atoms with van der Waals surface area (Å²) in [6.45, 7) is 1.26. The van der Waals surface area contributed by atoms with E-state index in [4.69, 9.17) is 10.6 Å².